The number of likely N-dealkylation sites (N-methyl/N-ethyl adjacent to an activating group) is 1. The Bertz CT molecular complexity index is 753. The summed E-state index contributed by atoms with van der Waals surface area (Å²) in [4.78, 5) is 26.0. The molecule has 1 aliphatic carbocycles. The van der Waals surface area contributed by atoms with Crippen LogP contribution in [0.25, 0.3) is 0 Å². The minimum Gasteiger partial charge on any atom is -0.360 e. The molecule has 2 aromatic rings. The fourth-order valence-electron chi connectivity index (χ4n) is 2.47. The highest BCUT2D eigenvalue weighted by Gasteiger charge is 2.30. The predicted octanol–water partition coefficient (Wildman–Crippen LogP) is 2.47. The minimum absolute atomic E-state index is 0.0673. The van der Waals surface area contributed by atoms with Crippen LogP contribution in [0.4, 0.5) is 4.39 Å². The van der Waals surface area contributed by atoms with Crippen LogP contribution in [0.5, 0.6) is 0 Å². The van der Waals surface area contributed by atoms with Gasteiger partial charge in [-0.25, -0.2) is 4.39 Å². The summed E-state index contributed by atoms with van der Waals surface area (Å²) in [6.07, 6.45) is 2.12. The molecule has 1 aliphatic rings. The smallest absolute Gasteiger partial charge is 0.276 e. The molecular weight excluding hydrogens is 325 g/mol. The highest BCUT2D eigenvalue weighted by Crippen LogP contribution is 2.40. The molecule has 0 spiro atoms. The first-order valence-corrected chi connectivity index (χ1v) is 8.34. The Balaban J connectivity index is 1.53. The number of halogens is 1. The first-order chi connectivity index (χ1) is 12.1. The minimum atomic E-state index is -0.324. The van der Waals surface area contributed by atoms with Gasteiger partial charge in [0.15, 0.2) is 5.69 Å². The second kappa shape index (κ2) is 7.46. The van der Waals surface area contributed by atoms with Crippen molar-refractivity contribution in [2.75, 3.05) is 13.1 Å². The molecule has 132 valence electrons. The zero-order valence-corrected chi connectivity index (χ0v) is 14.0. The molecule has 1 heterocycles. The van der Waals surface area contributed by atoms with E-state index < -0.39 is 0 Å². The van der Waals surface area contributed by atoms with Gasteiger partial charge >= 0.3 is 0 Å². The molecule has 1 fully saturated rings. The van der Waals surface area contributed by atoms with E-state index in [1.807, 2.05) is 0 Å². The van der Waals surface area contributed by atoms with Crippen molar-refractivity contribution >= 4 is 11.8 Å². The van der Waals surface area contributed by atoms with Gasteiger partial charge in [0.1, 0.15) is 11.6 Å². The maximum Gasteiger partial charge on any atom is 0.276 e. The molecular formula is C18H20FN3O3. The zero-order chi connectivity index (χ0) is 17.8. The number of benzene rings is 1. The van der Waals surface area contributed by atoms with Crippen LogP contribution in [0.3, 0.4) is 0 Å². The standard InChI is InChI=1S/C18H20FN3O3/c1-2-22(18(24)15-9-16(25-21-15)13-5-6-13)11-17(23)20-10-12-3-7-14(19)8-4-12/h3-4,7-9,13H,2,5-6,10-11H2,1H3,(H,20,23). The number of amides is 2. The van der Waals surface area contributed by atoms with Crippen molar-refractivity contribution in [2.24, 2.45) is 0 Å². The first-order valence-electron chi connectivity index (χ1n) is 8.34. The number of nitrogens with one attached hydrogen (secondary N) is 1. The summed E-state index contributed by atoms with van der Waals surface area (Å²) >= 11 is 0. The molecule has 6 nitrogen and oxygen atoms in total. The lowest BCUT2D eigenvalue weighted by Gasteiger charge is -2.19. The highest BCUT2D eigenvalue weighted by molar-refractivity contribution is 5.94. The fraction of sp³-hybridized carbons (Fsp3) is 0.389. The van der Waals surface area contributed by atoms with E-state index >= 15 is 0 Å². The van der Waals surface area contributed by atoms with Crippen LogP contribution >= 0.6 is 0 Å². The maximum atomic E-state index is 12.9. The van der Waals surface area contributed by atoms with Gasteiger partial charge in [0.05, 0.1) is 6.54 Å². The second-order valence-electron chi connectivity index (χ2n) is 6.11. The number of nitrogens with zero attached hydrogens (tertiary/aromatic N) is 2. The Morgan fingerprint density at radius 3 is 2.68 bits per heavy atom. The van der Waals surface area contributed by atoms with Crippen LogP contribution in [0, 0.1) is 5.82 Å². The molecule has 0 bridgehead atoms. The zero-order valence-electron chi connectivity index (χ0n) is 14.0. The quantitative estimate of drug-likeness (QED) is 0.836. The van der Waals surface area contributed by atoms with Gasteiger partial charge in [0.2, 0.25) is 5.91 Å². The molecule has 7 heteroatoms. The van der Waals surface area contributed by atoms with Crippen molar-refractivity contribution in [2.45, 2.75) is 32.2 Å². The molecule has 2 amide bonds. The molecule has 3 rings (SSSR count). The lowest BCUT2D eigenvalue weighted by Crippen LogP contribution is -2.40. The molecule has 1 aromatic carbocycles. The Hall–Kier alpha value is -2.70. The summed E-state index contributed by atoms with van der Waals surface area (Å²) < 4.78 is 18.1. The predicted molar refractivity (Wildman–Crippen MR) is 88.3 cm³/mol. The molecule has 0 atom stereocenters. The summed E-state index contributed by atoms with van der Waals surface area (Å²) in [5.74, 6) is 0.180. The van der Waals surface area contributed by atoms with E-state index in [4.69, 9.17) is 4.52 Å². The van der Waals surface area contributed by atoms with Crippen LogP contribution in [0.2, 0.25) is 0 Å². The summed E-state index contributed by atoms with van der Waals surface area (Å²) in [6.45, 7) is 2.39. The van der Waals surface area contributed by atoms with Crippen molar-refractivity contribution in [3.8, 4) is 0 Å². The van der Waals surface area contributed by atoms with E-state index in [0.717, 1.165) is 24.2 Å². The van der Waals surface area contributed by atoms with Gasteiger partial charge in [-0.05, 0) is 37.5 Å². The third kappa shape index (κ3) is 4.43. The molecule has 0 unspecified atom stereocenters. The van der Waals surface area contributed by atoms with E-state index in [2.05, 4.69) is 10.5 Å². The van der Waals surface area contributed by atoms with Gasteiger partial charge in [-0.3, -0.25) is 9.59 Å². The van der Waals surface area contributed by atoms with E-state index in [1.165, 1.54) is 17.0 Å². The molecule has 25 heavy (non-hydrogen) atoms. The summed E-state index contributed by atoms with van der Waals surface area (Å²) in [7, 11) is 0. The Labute approximate surface area is 145 Å². The monoisotopic (exact) mass is 345 g/mol. The Morgan fingerprint density at radius 1 is 1.32 bits per heavy atom. The number of hydrogen-bond donors (Lipinski definition) is 1. The molecule has 1 aromatic heterocycles. The van der Waals surface area contributed by atoms with Crippen LogP contribution in [-0.2, 0) is 11.3 Å². The van der Waals surface area contributed by atoms with Crippen LogP contribution in [-0.4, -0.2) is 35.0 Å². The van der Waals surface area contributed by atoms with Crippen molar-refractivity contribution in [3.63, 3.8) is 0 Å². The van der Waals surface area contributed by atoms with E-state index in [0.29, 0.717) is 12.5 Å². The number of rotatable bonds is 7. The third-order valence-electron chi connectivity index (χ3n) is 4.13. The number of carbonyl (C=O) groups is 2. The van der Waals surface area contributed by atoms with Gasteiger partial charge in [-0.2, -0.15) is 0 Å². The average Bonchev–Trinajstić information content (AvgIpc) is 3.35. The SMILES string of the molecule is CCN(CC(=O)NCc1ccc(F)cc1)C(=O)c1cc(C2CC2)on1. The summed E-state index contributed by atoms with van der Waals surface area (Å²) in [5.41, 5.74) is 1.02. The normalized spacial score (nSPS) is 13.5. The number of hydrogen-bond acceptors (Lipinski definition) is 4. The lowest BCUT2D eigenvalue weighted by atomic mass is 10.2. The van der Waals surface area contributed by atoms with Crippen LogP contribution in [0.1, 0.15) is 47.5 Å². The van der Waals surface area contributed by atoms with Gasteiger partial charge in [-0.15, -0.1) is 0 Å². The number of carbonyl (C=O) groups excluding carboxylic acids is 2. The molecule has 0 saturated heterocycles. The molecule has 0 radical (unpaired) electrons. The van der Waals surface area contributed by atoms with Gasteiger partial charge in [-0.1, -0.05) is 17.3 Å². The van der Waals surface area contributed by atoms with Crippen LogP contribution in [0.15, 0.2) is 34.9 Å². The molecule has 1 saturated carbocycles. The second-order valence-corrected chi connectivity index (χ2v) is 6.11. The largest absolute Gasteiger partial charge is 0.360 e. The van der Waals surface area contributed by atoms with E-state index in [9.17, 15) is 14.0 Å². The van der Waals surface area contributed by atoms with Gasteiger partial charge in [0, 0.05) is 25.1 Å². The third-order valence-corrected chi connectivity index (χ3v) is 4.13. The average molecular weight is 345 g/mol. The first kappa shape index (κ1) is 17.1. The van der Waals surface area contributed by atoms with Crippen molar-refractivity contribution in [1.29, 1.82) is 0 Å². The van der Waals surface area contributed by atoms with Gasteiger partial charge < -0.3 is 14.7 Å². The molecule has 1 N–H and O–H groups in total. The van der Waals surface area contributed by atoms with E-state index in [-0.39, 0.29) is 36.4 Å². The maximum absolute atomic E-state index is 12.9. The summed E-state index contributed by atoms with van der Waals surface area (Å²) in [6, 6.07) is 7.55. The van der Waals surface area contributed by atoms with Gasteiger partial charge in [0.25, 0.3) is 5.91 Å². The van der Waals surface area contributed by atoms with Crippen molar-refractivity contribution < 1.29 is 18.5 Å². The number of aromatic nitrogens is 1. The van der Waals surface area contributed by atoms with Crippen molar-refractivity contribution in [3.05, 3.63) is 53.2 Å². The lowest BCUT2D eigenvalue weighted by molar-refractivity contribution is -0.121. The van der Waals surface area contributed by atoms with Crippen molar-refractivity contribution in [1.82, 2.24) is 15.4 Å². The highest BCUT2D eigenvalue weighted by atomic mass is 19.1. The summed E-state index contributed by atoms with van der Waals surface area (Å²) in [5, 5.41) is 6.55. The topological polar surface area (TPSA) is 75.4 Å². The Kier molecular flexibility index (Phi) is 5.11. The van der Waals surface area contributed by atoms with Crippen LogP contribution < -0.4 is 5.32 Å². The van der Waals surface area contributed by atoms with E-state index in [1.54, 1.807) is 25.1 Å². The fourth-order valence-corrected chi connectivity index (χ4v) is 2.47. The molecule has 0 aliphatic heterocycles. The Morgan fingerprint density at radius 2 is 2.04 bits per heavy atom.